The minimum Gasteiger partial charge on any atom is -0.384 e. The molecule has 0 saturated carbocycles. The number of halogens is 1. The van der Waals surface area contributed by atoms with Crippen molar-refractivity contribution in [1.82, 2.24) is 4.98 Å². The predicted octanol–water partition coefficient (Wildman–Crippen LogP) is 5.42. The number of benzene rings is 2. The Balaban J connectivity index is 2.28. The first-order valence-electron chi connectivity index (χ1n) is 7.26. The number of aromatic nitrogens is 1. The molecule has 1 unspecified atom stereocenters. The largest absolute Gasteiger partial charge is 0.384 e. The van der Waals surface area contributed by atoms with E-state index in [1.165, 1.54) is 6.08 Å². The van der Waals surface area contributed by atoms with Crippen molar-refractivity contribution in [3.8, 4) is 11.3 Å². The van der Waals surface area contributed by atoms with Gasteiger partial charge in [0.15, 0.2) is 0 Å². The maximum Gasteiger partial charge on any atom is 0.0975 e. The van der Waals surface area contributed by atoms with Crippen molar-refractivity contribution in [3.05, 3.63) is 83.9 Å². The Hall–Kier alpha value is -2.42. The van der Waals surface area contributed by atoms with Crippen LogP contribution in [0.3, 0.4) is 0 Å². The monoisotopic (exact) mass is 321 g/mol. The highest BCUT2D eigenvalue weighted by Gasteiger charge is 2.15. The van der Waals surface area contributed by atoms with Gasteiger partial charge in [-0.3, -0.25) is 0 Å². The molecule has 3 heteroatoms. The van der Waals surface area contributed by atoms with Crippen LogP contribution in [0.2, 0.25) is 5.02 Å². The maximum atomic E-state index is 10.2. The van der Waals surface area contributed by atoms with Crippen LogP contribution in [0.4, 0.5) is 0 Å². The van der Waals surface area contributed by atoms with Crippen molar-refractivity contribution in [2.75, 3.05) is 0 Å². The molecule has 3 aromatic rings. The van der Waals surface area contributed by atoms with E-state index in [0.717, 1.165) is 33.3 Å². The lowest BCUT2D eigenvalue weighted by Gasteiger charge is -2.15. The summed E-state index contributed by atoms with van der Waals surface area (Å²) in [5.41, 5.74) is 4.11. The van der Waals surface area contributed by atoms with E-state index in [-0.39, 0.29) is 0 Å². The Morgan fingerprint density at radius 2 is 1.87 bits per heavy atom. The topological polar surface area (TPSA) is 33.1 Å². The van der Waals surface area contributed by atoms with Crippen molar-refractivity contribution >= 4 is 28.6 Å². The van der Waals surface area contributed by atoms with E-state index in [2.05, 4.69) is 13.2 Å². The lowest BCUT2D eigenvalue weighted by atomic mass is 9.94. The molecule has 0 radical (unpaired) electrons. The number of nitrogens with zero attached hydrogens (tertiary/aromatic N) is 1. The van der Waals surface area contributed by atoms with Gasteiger partial charge in [-0.05, 0) is 29.3 Å². The van der Waals surface area contributed by atoms with Crippen molar-refractivity contribution in [2.24, 2.45) is 0 Å². The average Bonchev–Trinajstić information content (AvgIpc) is 2.59. The van der Waals surface area contributed by atoms with E-state index >= 15 is 0 Å². The molecular weight excluding hydrogens is 306 g/mol. The number of hydrogen-bond donors (Lipinski definition) is 1. The molecule has 23 heavy (non-hydrogen) atoms. The molecule has 114 valence electrons. The van der Waals surface area contributed by atoms with Gasteiger partial charge in [-0.2, -0.15) is 0 Å². The third-order valence-electron chi connectivity index (χ3n) is 3.80. The van der Waals surface area contributed by atoms with Gasteiger partial charge in [-0.15, -0.1) is 6.58 Å². The second-order valence-electron chi connectivity index (χ2n) is 5.23. The van der Waals surface area contributed by atoms with E-state index in [4.69, 9.17) is 16.6 Å². The van der Waals surface area contributed by atoms with Crippen LogP contribution in [0.15, 0.2) is 67.8 Å². The molecule has 3 rings (SSSR count). The first-order valence-corrected chi connectivity index (χ1v) is 7.64. The third kappa shape index (κ3) is 2.91. The lowest BCUT2D eigenvalue weighted by Crippen LogP contribution is -1.99. The molecule has 0 aliphatic carbocycles. The summed E-state index contributed by atoms with van der Waals surface area (Å²) >= 11 is 6.07. The SMILES string of the molecule is C=Cc1cccc(C(O)C=C)c1-c1ccc2ccc(Cl)cc2n1. The number of rotatable bonds is 4. The Morgan fingerprint density at radius 1 is 1.09 bits per heavy atom. The molecule has 2 nitrogen and oxygen atoms in total. The van der Waals surface area contributed by atoms with Gasteiger partial charge < -0.3 is 5.11 Å². The van der Waals surface area contributed by atoms with E-state index in [1.54, 1.807) is 6.08 Å². The highest BCUT2D eigenvalue weighted by molar-refractivity contribution is 6.31. The fourth-order valence-corrected chi connectivity index (χ4v) is 2.82. The smallest absolute Gasteiger partial charge is 0.0975 e. The van der Waals surface area contributed by atoms with Crippen LogP contribution in [0.1, 0.15) is 17.2 Å². The van der Waals surface area contributed by atoms with Gasteiger partial charge in [0, 0.05) is 16.0 Å². The molecule has 0 spiro atoms. The molecule has 2 aromatic carbocycles. The fraction of sp³-hybridized carbons (Fsp3) is 0.0500. The van der Waals surface area contributed by atoms with Gasteiger partial charge in [0.05, 0.1) is 17.3 Å². The summed E-state index contributed by atoms with van der Waals surface area (Å²) in [6.45, 7) is 7.54. The van der Waals surface area contributed by atoms with Crippen molar-refractivity contribution in [3.63, 3.8) is 0 Å². The van der Waals surface area contributed by atoms with E-state index < -0.39 is 6.10 Å². The third-order valence-corrected chi connectivity index (χ3v) is 4.04. The normalized spacial score (nSPS) is 12.1. The molecule has 0 aliphatic heterocycles. The Morgan fingerprint density at radius 3 is 2.61 bits per heavy atom. The van der Waals surface area contributed by atoms with E-state index in [9.17, 15) is 5.11 Å². The maximum absolute atomic E-state index is 10.2. The minimum absolute atomic E-state index is 0.644. The Bertz CT molecular complexity index is 901. The van der Waals surface area contributed by atoms with E-state index in [1.807, 2.05) is 48.5 Å². The van der Waals surface area contributed by atoms with Gasteiger partial charge in [-0.25, -0.2) is 4.98 Å². The van der Waals surface area contributed by atoms with Gasteiger partial charge in [0.25, 0.3) is 0 Å². The molecule has 0 fully saturated rings. The van der Waals surface area contributed by atoms with Crippen molar-refractivity contribution < 1.29 is 5.11 Å². The quantitative estimate of drug-likeness (QED) is 0.651. The number of aliphatic hydroxyl groups is 1. The standard InChI is InChI=1S/C20H16ClNO/c1-3-13-6-5-7-16(19(23)4-2)20(13)17-11-9-14-8-10-15(21)12-18(14)22-17/h3-12,19,23H,1-2H2. The fourth-order valence-electron chi connectivity index (χ4n) is 2.66. The van der Waals surface area contributed by atoms with Crippen LogP contribution >= 0.6 is 11.6 Å². The van der Waals surface area contributed by atoms with Gasteiger partial charge in [0.2, 0.25) is 0 Å². The van der Waals surface area contributed by atoms with Gasteiger partial charge in [0.1, 0.15) is 0 Å². The summed E-state index contributed by atoms with van der Waals surface area (Å²) in [5.74, 6) is 0. The number of fused-ring (bicyclic) bond motifs is 1. The second-order valence-corrected chi connectivity index (χ2v) is 5.67. The molecule has 0 amide bonds. The summed E-state index contributed by atoms with van der Waals surface area (Å²) in [5, 5.41) is 11.9. The zero-order chi connectivity index (χ0) is 16.4. The number of hydrogen-bond acceptors (Lipinski definition) is 2. The zero-order valence-electron chi connectivity index (χ0n) is 12.5. The molecule has 0 bridgehead atoms. The van der Waals surface area contributed by atoms with Crippen LogP contribution in [0.5, 0.6) is 0 Å². The highest BCUT2D eigenvalue weighted by Crippen LogP contribution is 2.33. The summed E-state index contributed by atoms with van der Waals surface area (Å²) in [6, 6.07) is 15.3. The lowest BCUT2D eigenvalue weighted by molar-refractivity contribution is 0.229. The van der Waals surface area contributed by atoms with Gasteiger partial charge >= 0.3 is 0 Å². The van der Waals surface area contributed by atoms with Crippen molar-refractivity contribution in [2.45, 2.75) is 6.10 Å². The molecule has 0 saturated heterocycles. The van der Waals surface area contributed by atoms with Crippen LogP contribution in [-0.2, 0) is 0 Å². The first-order chi connectivity index (χ1) is 11.1. The Kier molecular flexibility index (Phi) is 4.28. The van der Waals surface area contributed by atoms with Crippen molar-refractivity contribution in [1.29, 1.82) is 0 Å². The molecule has 1 N–H and O–H groups in total. The summed E-state index contributed by atoms with van der Waals surface area (Å²) < 4.78 is 0. The molecule has 1 aromatic heterocycles. The van der Waals surface area contributed by atoms with Crippen LogP contribution in [0, 0.1) is 0 Å². The average molecular weight is 322 g/mol. The summed E-state index contributed by atoms with van der Waals surface area (Å²) in [4.78, 5) is 4.71. The molecule has 0 aliphatic rings. The van der Waals surface area contributed by atoms with E-state index in [0.29, 0.717) is 5.02 Å². The van der Waals surface area contributed by atoms with Crippen LogP contribution in [-0.4, -0.2) is 10.1 Å². The highest BCUT2D eigenvalue weighted by atomic mass is 35.5. The molecule has 1 atom stereocenters. The van der Waals surface area contributed by atoms with Gasteiger partial charge in [-0.1, -0.05) is 60.7 Å². The molecular formula is C20H16ClNO. The van der Waals surface area contributed by atoms with Crippen LogP contribution in [0.25, 0.3) is 28.2 Å². The number of pyridine rings is 1. The predicted molar refractivity (Wildman–Crippen MR) is 97.4 cm³/mol. The first kappa shape index (κ1) is 15.5. The zero-order valence-corrected chi connectivity index (χ0v) is 13.3. The number of aliphatic hydroxyl groups excluding tert-OH is 1. The van der Waals surface area contributed by atoms with Crippen LogP contribution < -0.4 is 0 Å². The minimum atomic E-state index is -0.762. The summed E-state index contributed by atoms with van der Waals surface area (Å²) in [6.07, 6.45) is 2.50. The second kappa shape index (κ2) is 6.37. The molecule has 1 heterocycles. The Labute approximate surface area is 140 Å². The summed E-state index contributed by atoms with van der Waals surface area (Å²) in [7, 11) is 0.